The Bertz CT molecular complexity index is 1350. The van der Waals surface area contributed by atoms with Gasteiger partial charge in [-0.05, 0) is 133 Å². The van der Waals surface area contributed by atoms with Crippen LogP contribution < -0.4 is 0 Å². The third-order valence-electron chi connectivity index (χ3n) is 14.4. The number of fused-ring (bicyclic) bond motifs is 7. The van der Waals surface area contributed by atoms with E-state index in [0.29, 0.717) is 33.6 Å². The minimum Gasteiger partial charge on any atom is -0.504 e. The van der Waals surface area contributed by atoms with Gasteiger partial charge >= 0.3 is 5.97 Å². The molecule has 0 amide bonds. The molecule has 0 aromatic heterocycles. The van der Waals surface area contributed by atoms with Gasteiger partial charge in [0, 0.05) is 11.5 Å². The van der Waals surface area contributed by atoms with Gasteiger partial charge in [0.15, 0.2) is 11.5 Å². The summed E-state index contributed by atoms with van der Waals surface area (Å²) in [5.74, 6) is 1.24. The lowest BCUT2D eigenvalue weighted by Gasteiger charge is -2.70. The lowest BCUT2D eigenvalue weighted by molar-refractivity contribution is -0.197. The number of ether oxygens (including phenoxy) is 1. The Labute approximate surface area is 260 Å². The summed E-state index contributed by atoms with van der Waals surface area (Å²) >= 11 is 0. The second-order valence-electron chi connectivity index (χ2n) is 17.8. The van der Waals surface area contributed by atoms with Crippen LogP contribution in [0.5, 0.6) is 11.5 Å². The van der Waals surface area contributed by atoms with Crippen LogP contribution in [0.1, 0.15) is 125 Å². The molecule has 1 aromatic carbocycles. The van der Waals surface area contributed by atoms with Gasteiger partial charge < -0.3 is 14.9 Å². The Morgan fingerprint density at radius 3 is 2.19 bits per heavy atom. The minimum atomic E-state index is -0.339. The first-order valence-electron chi connectivity index (χ1n) is 17.1. The average molecular weight is 589 g/mol. The second kappa shape index (κ2) is 9.88. The van der Waals surface area contributed by atoms with Crippen LogP contribution in [0.15, 0.2) is 35.9 Å². The first-order valence-corrected chi connectivity index (χ1v) is 17.1. The number of carbonyl (C=O) groups excluding carboxylic acids is 1. The van der Waals surface area contributed by atoms with Crippen molar-refractivity contribution in [2.45, 2.75) is 126 Å². The molecule has 43 heavy (non-hydrogen) atoms. The number of allylic oxidation sites excluding steroid dienone is 2. The third-order valence-corrected chi connectivity index (χ3v) is 14.4. The van der Waals surface area contributed by atoms with Gasteiger partial charge in [0.2, 0.25) is 0 Å². The van der Waals surface area contributed by atoms with Crippen molar-refractivity contribution in [3.8, 4) is 11.5 Å². The number of hydrogen-bond donors (Lipinski definition) is 2. The summed E-state index contributed by atoms with van der Waals surface area (Å²) in [5.41, 5.74) is 4.02. The maximum atomic E-state index is 13.0. The number of carbonyl (C=O) groups is 1. The first-order chi connectivity index (χ1) is 19.9. The fourth-order valence-electron chi connectivity index (χ4n) is 12.0. The maximum Gasteiger partial charge on any atom is 0.331 e. The SMILES string of the molecule is CC1(C)CC[C@@]2(C)CC=C3[C@@](C)(CC[C@@H]4[C@]5(C)CC[C@H](OC(=O)C=Cc6ccc(O)c(O)c6)C(C)(C)[C@@H]5CC[C@]34C)[C@@H]2C1. The zero-order valence-electron chi connectivity index (χ0n) is 28.1. The van der Waals surface area contributed by atoms with E-state index in [-0.39, 0.29) is 39.8 Å². The van der Waals surface area contributed by atoms with E-state index < -0.39 is 0 Å². The van der Waals surface area contributed by atoms with Crippen LogP contribution in [0.25, 0.3) is 6.08 Å². The molecule has 4 fully saturated rings. The van der Waals surface area contributed by atoms with E-state index in [4.69, 9.17) is 4.74 Å². The molecule has 0 aliphatic heterocycles. The van der Waals surface area contributed by atoms with Crippen LogP contribution in [0.4, 0.5) is 0 Å². The molecule has 1 aromatic rings. The van der Waals surface area contributed by atoms with Crippen LogP contribution in [-0.4, -0.2) is 22.3 Å². The standard InChI is InChI=1S/C39H56O4/c1-34(2)21-22-36(5)17-13-29-38(7)18-14-28-35(3,4)32(43-33(42)12-10-25-9-11-26(40)27(41)23-25)16-20-37(28,6)30(38)15-19-39(29,8)31(36)24-34/h9-13,23,28,30-32,40-41H,14-22,24H2,1-8H3/t28-,30+,31+,32-,36+,37+,38+,39+/m0/s1. The number of rotatable bonds is 3. The summed E-state index contributed by atoms with van der Waals surface area (Å²) < 4.78 is 6.18. The highest BCUT2D eigenvalue weighted by Gasteiger charge is 2.67. The summed E-state index contributed by atoms with van der Waals surface area (Å²) in [4.78, 5) is 13.0. The molecule has 0 saturated heterocycles. The van der Waals surface area contributed by atoms with Crippen molar-refractivity contribution in [3.05, 3.63) is 41.5 Å². The van der Waals surface area contributed by atoms with Crippen LogP contribution in [0, 0.1) is 50.2 Å². The van der Waals surface area contributed by atoms with Gasteiger partial charge in [-0.15, -0.1) is 0 Å². The molecular formula is C39H56O4. The first kappa shape index (κ1) is 30.8. The molecule has 4 saturated carbocycles. The smallest absolute Gasteiger partial charge is 0.331 e. The van der Waals surface area contributed by atoms with Gasteiger partial charge in [-0.3, -0.25) is 0 Å². The number of hydrogen-bond acceptors (Lipinski definition) is 4. The Morgan fingerprint density at radius 2 is 1.49 bits per heavy atom. The van der Waals surface area contributed by atoms with Crippen molar-refractivity contribution >= 4 is 12.0 Å². The largest absolute Gasteiger partial charge is 0.504 e. The lowest BCUT2D eigenvalue weighted by atomic mass is 9.34. The van der Waals surface area contributed by atoms with Crippen LogP contribution >= 0.6 is 0 Å². The Hall–Kier alpha value is -2.23. The van der Waals surface area contributed by atoms with E-state index in [1.165, 1.54) is 69.6 Å². The monoisotopic (exact) mass is 588 g/mol. The van der Waals surface area contributed by atoms with Gasteiger partial charge in [-0.2, -0.15) is 0 Å². The van der Waals surface area contributed by atoms with Crippen molar-refractivity contribution in [2.24, 2.45) is 50.2 Å². The second-order valence-corrected chi connectivity index (χ2v) is 17.8. The normalized spacial score (nSPS) is 43.0. The molecule has 6 rings (SSSR count). The summed E-state index contributed by atoms with van der Waals surface area (Å²) in [6.07, 6.45) is 18.1. The molecule has 0 heterocycles. The number of aromatic hydroxyl groups is 2. The molecule has 0 spiro atoms. The van der Waals surface area contributed by atoms with E-state index >= 15 is 0 Å². The van der Waals surface area contributed by atoms with E-state index in [1.807, 2.05) is 5.57 Å². The van der Waals surface area contributed by atoms with Crippen molar-refractivity contribution < 1.29 is 19.7 Å². The predicted octanol–water partition coefficient (Wildman–Crippen LogP) is 9.84. The molecule has 5 aliphatic carbocycles. The summed E-state index contributed by atoms with van der Waals surface area (Å²) in [7, 11) is 0. The molecule has 8 atom stereocenters. The highest BCUT2D eigenvalue weighted by Crippen LogP contribution is 2.75. The zero-order chi connectivity index (χ0) is 31.2. The Balaban J connectivity index is 1.22. The molecule has 0 bridgehead atoms. The Morgan fingerprint density at radius 1 is 0.814 bits per heavy atom. The van der Waals surface area contributed by atoms with Gasteiger partial charge in [0.1, 0.15) is 6.10 Å². The Kier molecular flexibility index (Phi) is 7.08. The van der Waals surface area contributed by atoms with Crippen LogP contribution in [0.2, 0.25) is 0 Å². The van der Waals surface area contributed by atoms with E-state index in [9.17, 15) is 15.0 Å². The summed E-state index contributed by atoms with van der Waals surface area (Å²) in [6, 6.07) is 4.54. The van der Waals surface area contributed by atoms with Gasteiger partial charge in [0.25, 0.3) is 0 Å². The van der Waals surface area contributed by atoms with Gasteiger partial charge in [0.05, 0.1) is 0 Å². The molecule has 0 radical (unpaired) electrons. The van der Waals surface area contributed by atoms with Crippen LogP contribution in [-0.2, 0) is 9.53 Å². The molecule has 4 heteroatoms. The van der Waals surface area contributed by atoms with E-state index in [0.717, 1.165) is 18.8 Å². The number of phenolic OH excluding ortho intramolecular Hbond substituents is 2. The molecule has 5 aliphatic rings. The van der Waals surface area contributed by atoms with Crippen LogP contribution in [0.3, 0.4) is 0 Å². The quantitative estimate of drug-likeness (QED) is 0.160. The highest BCUT2D eigenvalue weighted by atomic mass is 16.5. The van der Waals surface area contributed by atoms with Crippen molar-refractivity contribution in [1.82, 2.24) is 0 Å². The fourth-order valence-corrected chi connectivity index (χ4v) is 12.0. The molecular weight excluding hydrogens is 532 g/mol. The van der Waals surface area contributed by atoms with Crippen molar-refractivity contribution in [1.29, 1.82) is 0 Å². The number of phenols is 2. The van der Waals surface area contributed by atoms with Gasteiger partial charge in [-0.25, -0.2) is 4.79 Å². The fraction of sp³-hybridized carbons (Fsp3) is 0.718. The molecule has 236 valence electrons. The lowest BCUT2D eigenvalue weighted by Crippen LogP contribution is -2.63. The van der Waals surface area contributed by atoms with Crippen molar-refractivity contribution in [2.75, 3.05) is 0 Å². The minimum absolute atomic E-state index is 0.109. The average Bonchev–Trinajstić information content (AvgIpc) is 2.91. The zero-order valence-corrected chi connectivity index (χ0v) is 28.1. The van der Waals surface area contributed by atoms with E-state index in [2.05, 4.69) is 61.5 Å². The highest BCUT2D eigenvalue weighted by molar-refractivity contribution is 5.87. The summed E-state index contributed by atoms with van der Waals surface area (Å²) in [6.45, 7) is 20.2. The number of esters is 1. The maximum absolute atomic E-state index is 13.0. The predicted molar refractivity (Wildman–Crippen MR) is 173 cm³/mol. The number of benzene rings is 1. The molecule has 4 nitrogen and oxygen atoms in total. The van der Waals surface area contributed by atoms with Gasteiger partial charge in [-0.1, -0.05) is 73.1 Å². The topological polar surface area (TPSA) is 66.8 Å². The molecule has 2 N–H and O–H groups in total. The van der Waals surface area contributed by atoms with Crippen molar-refractivity contribution in [3.63, 3.8) is 0 Å². The van der Waals surface area contributed by atoms with E-state index in [1.54, 1.807) is 12.1 Å². The summed E-state index contributed by atoms with van der Waals surface area (Å²) in [5, 5.41) is 19.4. The molecule has 0 unspecified atom stereocenters. The third kappa shape index (κ3) is 4.71.